The van der Waals surface area contributed by atoms with Crippen LogP contribution in [-0.2, 0) is 6.42 Å². The van der Waals surface area contributed by atoms with Crippen LogP contribution in [0.3, 0.4) is 0 Å². The van der Waals surface area contributed by atoms with Crippen molar-refractivity contribution in [2.45, 2.75) is 25.8 Å². The highest BCUT2D eigenvalue weighted by Crippen LogP contribution is 2.21. The lowest BCUT2D eigenvalue weighted by Crippen LogP contribution is -2.32. The summed E-state index contributed by atoms with van der Waals surface area (Å²) in [4.78, 5) is 0. The third-order valence-corrected chi connectivity index (χ3v) is 3.13. The number of benzene rings is 1. The first kappa shape index (κ1) is 15.1. The molecule has 18 heavy (non-hydrogen) atoms. The van der Waals surface area contributed by atoms with Crippen molar-refractivity contribution in [1.29, 1.82) is 0 Å². The van der Waals surface area contributed by atoms with E-state index in [9.17, 15) is 0 Å². The van der Waals surface area contributed by atoms with Gasteiger partial charge in [0.25, 0.3) is 0 Å². The van der Waals surface area contributed by atoms with E-state index in [-0.39, 0.29) is 11.9 Å². The van der Waals surface area contributed by atoms with Gasteiger partial charge in [0.1, 0.15) is 5.84 Å². The molecule has 0 saturated heterocycles. The maximum absolute atomic E-state index is 8.45. The fourth-order valence-electron chi connectivity index (χ4n) is 1.60. The average molecular weight is 290 g/mol. The molecule has 0 aliphatic heterocycles. The Morgan fingerprint density at radius 1 is 1.50 bits per heavy atom. The minimum Gasteiger partial charge on any atom is -0.409 e. The van der Waals surface area contributed by atoms with Gasteiger partial charge in [-0.25, -0.2) is 0 Å². The van der Waals surface area contributed by atoms with Crippen LogP contribution in [0.15, 0.2) is 23.4 Å². The van der Waals surface area contributed by atoms with E-state index < -0.39 is 0 Å². The summed E-state index contributed by atoms with van der Waals surface area (Å²) in [7, 11) is 0. The Kier molecular flexibility index (Phi) is 6.25. The van der Waals surface area contributed by atoms with Gasteiger partial charge in [0.15, 0.2) is 0 Å². The minimum atomic E-state index is 0.145. The molecule has 0 aromatic heterocycles. The van der Waals surface area contributed by atoms with Gasteiger partial charge in [0.05, 0.1) is 0 Å². The number of hydrogen-bond donors (Lipinski definition) is 3. The third kappa shape index (κ3) is 5.12. The van der Waals surface area contributed by atoms with Crippen molar-refractivity contribution in [2.24, 2.45) is 10.9 Å². The number of halogens is 2. The van der Waals surface area contributed by atoms with E-state index >= 15 is 0 Å². The molecule has 4 nitrogen and oxygen atoms in total. The summed E-state index contributed by atoms with van der Waals surface area (Å²) < 4.78 is 0. The number of nitrogens with two attached hydrogens (primary N) is 1. The molecular weight excluding hydrogens is 273 g/mol. The van der Waals surface area contributed by atoms with Crippen molar-refractivity contribution in [2.75, 3.05) is 6.54 Å². The normalized spacial score (nSPS) is 13.6. The number of nitrogens with one attached hydrogen (secondary N) is 1. The zero-order chi connectivity index (χ0) is 13.5. The fraction of sp³-hybridized carbons (Fsp3) is 0.417. The van der Waals surface area contributed by atoms with Crippen LogP contribution in [-0.4, -0.2) is 23.6 Å². The molecule has 1 atom stereocenters. The van der Waals surface area contributed by atoms with Crippen LogP contribution in [0.2, 0.25) is 10.0 Å². The van der Waals surface area contributed by atoms with Gasteiger partial charge in [-0.1, -0.05) is 34.4 Å². The van der Waals surface area contributed by atoms with Crippen molar-refractivity contribution in [3.8, 4) is 0 Å². The largest absolute Gasteiger partial charge is 0.409 e. The summed E-state index contributed by atoms with van der Waals surface area (Å²) in [6.45, 7) is 2.74. The zero-order valence-corrected chi connectivity index (χ0v) is 11.7. The standard InChI is InChI=1S/C12H17Cl2N3O/c1-8(6-12(15)17-18)16-5-4-9-2-3-10(13)7-11(9)14/h2-3,7-8,16,18H,4-6H2,1H3,(H2,15,17). The molecule has 100 valence electrons. The van der Waals surface area contributed by atoms with Crippen molar-refractivity contribution in [1.82, 2.24) is 5.32 Å². The molecule has 0 amide bonds. The lowest BCUT2D eigenvalue weighted by molar-refractivity contribution is 0.316. The summed E-state index contributed by atoms with van der Waals surface area (Å²) in [6, 6.07) is 5.62. The first-order valence-corrected chi connectivity index (χ1v) is 6.42. The van der Waals surface area contributed by atoms with E-state index in [1.165, 1.54) is 0 Å². The molecule has 0 aliphatic rings. The molecule has 0 heterocycles. The van der Waals surface area contributed by atoms with Gasteiger partial charge < -0.3 is 16.3 Å². The van der Waals surface area contributed by atoms with Gasteiger partial charge in [-0.05, 0) is 37.6 Å². The predicted octanol–water partition coefficient (Wildman–Crippen LogP) is 2.65. The smallest absolute Gasteiger partial charge is 0.140 e. The van der Waals surface area contributed by atoms with Crippen molar-refractivity contribution >= 4 is 29.0 Å². The number of rotatable bonds is 6. The summed E-state index contributed by atoms with van der Waals surface area (Å²) in [5, 5.41) is 16.0. The molecule has 1 aromatic carbocycles. The number of hydrogen-bond acceptors (Lipinski definition) is 3. The number of nitrogens with zero attached hydrogens (tertiary/aromatic N) is 1. The first-order chi connectivity index (χ1) is 8.52. The van der Waals surface area contributed by atoms with Gasteiger partial charge in [-0.15, -0.1) is 0 Å². The Labute approximate surface area is 117 Å². The maximum atomic E-state index is 8.45. The fourth-order valence-corrected chi connectivity index (χ4v) is 2.11. The molecule has 0 fully saturated rings. The van der Waals surface area contributed by atoms with Gasteiger partial charge in [-0.2, -0.15) is 0 Å². The zero-order valence-electron chi connectivity index (χ0n) is 10.2. The Bertz CT molecular complexity index is 424. The molecule has 0 saturated carbocycles. The van der Waals surface area contributed by atoms with Crippen LogP contribution in [0, 0.1) is 0 Å². The highest BCUT2D eigenvalue weighted by atomic mass is 35.5. The van der Waals surface area contributed by atoms with Gasteiger partial charge >= 0.3 is 0 Å². The summed E-state index contributed by atoms with van der Waals surface area (Å²) in [5.41, 5.74) is 6.47. The van der Waals surface area contributed by atoms with Crippen molar-refractivity contribution in [3.05, 3.63) is 33.8 Å². The van der Waals surface area contributed by atoms with E-state index in [1.807, 2.05) is 19.1 Å². The minimum absolute atomic E-state index is 0.145. The van der Waals surface area contributed by atoms with Crippen LogP contribution in [0.25, 0.3) is 0 Å². The summed E-state index contributed by atoms with van der Waals surface area (Å²) >= 11 is 11.9. The Morgan fingerprint density at radius 3 is 2.83 bits per heavy atom. The van der Waals surface area contributed by atoms with E-state index in [0.717, 1.165) is 18.5 Å². The molecule has 1 unspecified atom stereocenters. The monoisotopic (exact) mass is 289 g/mol. The number of amidine groups is 1. The van der Waals surface area contributed by atoms with Crippen LogP contribution < -0.4 is 11.1 Å². The second-order valence-electron chi connectivity index (χ2n) is 4.14. The second kappa shape index (κ2) is 7.46. The molecule has 6 heteroatoms. The highest BCUT2D eigenvalue weighted by Gasteiger charge is 2.05. The van der Waals surface area contributed by atoms with Crippen molar-refractivity contribution < 1.29 is 5.21 Å². The Balaban J connectivity index is 2.37. The van der Waals surface area contributed by atoms with Crippen LogP contribution in [0.4, 0.5) is 0 Å². The van der Waals surface area contributed by atoms with Crippen LogP contribution in [0.1, 0.15) is 18.9 Å². The molecule has 0 aliphatic carbocycles. The Hall–Kier alpha value is -0.970. The Morgan fingerprint density at radius 2 is 2.22 bits per heavy atom. The van der Waals surface area contributed by atoms with Gasteiger partial charge in [-0.3, -0.25) is 0 Å². The van der Waals surface area contributed by atoms with E-state index in [2.05, 4.69) is 10.5 Å². The van der Waals surface area contributed by atoms with E-state index in [1.54, 1.807) is 6.07 Å². The topological polar surface area (TPSA) is 70.6 Å². The molecule has 0 bridgehead atoms. The maximum Gasteiger partial charge on any atom is 0.140 e. The highest BCUT2D eigenvalue weighted by molar-refractivity contribution is 6.35. The van der Waals surface area contributed by atoms with E-state index in [0.29, 0.717) is 16.5 Å². The molecular formula is C12H17Cl2N3O. The predicted molar refractivity (Wildman–Crippen MR) is 75.7 cm³/mol. The van der Waals surface area contributed by atoms with Crippen LogP contribution in [0.5, 0.6) is 0 Å². The second-order valence-corrected chi connectivity index (χ2v) is 4.98. The summed E-state index contributed by atoms with van der Waals surface area (Å²) in [5.74, 6) is 0.222. The average Bonchev–Trinajstić information content (AvgIpc) is 2.31. The first-order valence-electron chi connectivity index (χ1n) is 5.66. The lowest BCUT2D eigenvalue weighted by Gasteiger charge is -2.13. The van der Waals surface area contributed by atoms with Gasteiger partial charge in [0, 0.05) is 22.5 Å². The SMILES string of the molecule is CC(C/C(N)=N/O)NCCc1ccc(Cl)cc1Cl. The summed E-state index contributed by atoms with van der Waals surface area (Å²) in [6.07, 6.45) is 1.31. The van der Waals surface area contributed by atoms with Crippen molar-refractivity contribution in [3.63, 3.8) is 0 Å². The van der Waals surface area contributed by atoms with E-state index in [4.69, 9.17) is 34.1 Å². The molecule has 0 spiro atoms. The third-order valence-electron chi connectivity index (χ3n) is 2.55. The molecule has 0 radical (unpaired) electrons. The quantitative estimate of drug-likeness (QED) is 0.326. The van der Waals surface area contributed by atoms with Crippen LogP contribution >= 0.6 is 23.2 Å². The van der Waals surface area contributed by atoms with Gasteiger partial charge in [0.2, 0.25) is 0 Å². The number of oxime groups is 1. The molecule has 1 rings (SSSR count). The molecule has 4 N–H and O–H groups in total. The molecule has 1 aromatic rings. The lowest BCUT2D eigenvalue weighted by atomic mass is 10.1.